The number of nitrogens with zero attached hydrogens (tertiary/aromatic N) is 2. The number of rotatable bonds is 5. The average Bonchev–Trinajstić information content (AvgIpc) is 3.14. The number of nitrogens with one attached hydrogen (secondary N) is 2. The van der Waals surface area contributed by atoms with E-state index in [1.54, 1.807) is 23.1 Å². The zero-order valence-corrected chi connectivity index (χ0v) is 17.1. The van der Waals surface area contributed by atoms with E-state index in [-0.39, 0.29) is 5.56 Å². The van der Waals surface area contributed by atoms with Crippen LogP contribution in [0.3, 0.4) is 0 Å². The number of aromatic amines is 2. The maximum Gasteiger partial charge on any atom is 0.259 e. The molecule has 3 aromatic heterocycles. The van der Waals surface area contributed by atoms with Crippen molar-refractivity contribution in [2.45, 2.75) is 38.1 Å². The standard InChI is InChI=1S/C20H20N4OS2/c1-11-13(3)27-19-17(11)18(25)23-16(24-19)10-26-20-21-12(2)15(22-20)9-14-7-5-4-6-8-14/h4-8H,9-10H2,1-3H3,(H,21,22)(H,23,24,25). The minimum Gasteiger partial charge on any atom is -0.337 e. The third-order valence-electron chi connectivity index (χ3n) is 4.61. The Balaban J connectivity index is 1.51. The minimum atomic E-state index is -0.0576. The molecule has 0 saturated carbocycles. The van der Waals surface area contributed by atoms with Crippen LogP contribution in [-0.4, -0.2) is 19.9 Å². The van der Waals surface area contributed by atoms with Crippen molar-refractivity contribution in [3.63, 3.8) is 0 Å². The molecule has 138 valence electrons. The van der Waals surface area contributed by atoms with Crippen LogP contribution in [0.25, 0.3) is 10.2 Å². The molecule has 0 amide bonds. The van der Waals surface area contributed by atoms with E-state index in [2.05, 4.69) is 27.1 Å². The summed E-state index contributed by atoms with van der Waals surface area (Å²) in [6.45, 7) is 6.04. The van der Waals surface area contributed by atoms with Gasteiger partial charge in [0.1, 0.15) is 10.7 Å². The Morgan fingerprint density at radius 3 is 2.63 bits per heavy atom. The summed E-state index contributed by atoms with van der Waals surface area (Å²) in [5.74, 6) is 1.25. The van der Waals surface area contributed by atoms with Crippen molar-refractivity contribution < 1.29 is 0 Å². The highest BCUT2D eigenvalue weighted by Gasteiger charge is 2.13. The van der Waals surface area contributed by atoms with E-state index in [4.69, 9.17) is 4.98 Å². The molecule has 0 bridgehead atoms. The van der Waals surface area contributed by atoms with Gasteiger partial charge in [-0.3, -0.25) is 4.79 Å². The maximum atomic E-state index is 12.4. The molecule has 0 unspecified atom stereocenters. The maximum absolute atomic E-state index is 12.4. The summed E-state index contributed by atoms with van der Waals surface area (Å²) >= 11 is 3.13. The summed E-state index contributed by atoms with van der Waals surface area (Å²) in [5.41, 5.74) is 4.32. The fraction of sp³-hybridized carbons (Fsp3) is 0.250. The van der Waals surface area contributed by atoms with Crippen molar-refractivity contribution in [2.75, 3.05) is 0 Å². The van der Waals surface area contributed by atoms with Gasteiger partial charge >= 0.3 is 0 Å². The molecule has 0 saturated heterocycles. The van der Waals surface area contributed by atoms with Crippen LogP contribution < -0.4 is 5.56 Å². The molecular formula is C20H20N4OS2. The van der Waals surface area contributed by atoms with Crippen molar-refractivity contribution in [1.29, 1.82) is 0 Å². The van der Waals surface area contributed by atoms with Crippen molar-refractivity contribution in [3.8, 4) is 0 Å². The first-order chi connectivity index (χ1) is 13.0. The molecule has 0 aliphatic heterocycles. The highest BCUT2D eigenvalue weighted by Crippen LogP contribution is 2.27. The van der Waals surface area contributed by atoms with Gasteiger partial charge in [-0.2, -0.15) is 0 Å². The quantitative estimate of drug-likeness (QED) is 0.487. The van der Waals surface area contributed by atoms with Gasteiger partial charge in [0, 0.05) is 17.0 Å². The van der Waals surface area contributed by atoms with E-state index in [0.29, 0.717) is 17.0 Å². The minimum absolute atomic E-state index is 0.0576. The fourth-order valence-corrected chi connectivity index (χ4v) is 4.86. The Morgan fingerprint density at radius 2 is 1.85 bits per heavy atom. The predicted molar refractivity (Wildman–Crippen MR) is 112 cm³/mol. The molecule has 0 spiro atoms. The van der Waals surface area contributed by atoms with Crippen molar-refractivity contribution in [1.82, 2.24) is 19.9 Å². The predicted octanol–water partition coefficient (Wildman–Crippen LogP) is 4.52. The largest absolute Gasteiger partial charge is 0.337 e. The zero-order chi connectivity index (χ0) is 19.0. The van der Waals surface area contributed by atoms with Crippen LogP contribution in [0.5, 0.6) is 0 Å². The molecular weight excluding hydrogens is 376 g/mol. The first-order valence-corrected chi connectivity index (χ1v) is 10.5. The summed E-state index contributed by atoms with van der Waals surface area (Å²) in [4.78, 5) is 29.9. The Hall–Kier alpha value is -2.38. The molecule has 4 aromatic rings. The van der Waals surface area contributed by atoms with Crippen molar-refractivity contribution in [2.24, 2.45) is 0 Å². The first-order valence-electron chi connectivity index (χ1n) is 8.72. The van der Waals surface area contributed by atoms with Crippen molar-refractivity contribution in [3.05, 3.63) is 73.9 Å². The number of imidazole rings is 1. The third kappa shape index (κ3) is 3.70. The summed E-state index contributed by atoms with van der Waals surface area (Å²) in [7, 11) is 0. The summed E-state index contributed by atoms with van der Waals surface area (Å²) < 4.78 is 0. The Labute approximate surface area is 165 Å². The number of thiophene rings is 1. The number of aryl methyl sites for hydroxylation is 3. The van der Waals surface area contributed by atoms with Crippen LogP contribution in [0.4, 0.5) is 0 Å². The van der Waals surface area contributed by atoms with Gasteiger partial charge in [-0.1, -0.05) is 42.1 Å². The summed E-state index contributed by atoms with van der Waals surface area (Å²) in [6, 6.07) is 10.3. The second-order valence-electron chi connectivity index (χ2n) is 6.54. The molecule has 1 aromatic carbocycles. The fourth-order valence-electron chi connectivity index (χ4n) is 3.00. The van der Waals surface area contributed by atoms with Gasteiger partial charge in [0.15, 0.2) is 5.16 Å². The van der Waals surface area contributed by atoms with E-state index in [1.807, 2.05) is 39.0 Å². The van der Waals surface area contributed by atoms with Gasteiger partial charge in [0.2, 0.25) is 0 Å². The highest BCUT2D eigenvalue weighted by molar-refractivity contribution is 7.98. The van der Waals surface area contributed by atoms with E-state index >= 15 is 0 Å². The van der Waals surface area contributed by atoms with E-state index < -0.39 is 0 Å². The van der Waals surface area contributed by atoms with Gasteiger partial charge in [-0.05, 0) is 31.9 Å². The van der Waals surface area contributed by atoms with Gasteiger partial charge in [0.25, 0.3) is 5.56 Å². The average molecular weight is 397 g/mol. The number of hydrogen-bond acceptors (Lipinski definition) is 5. The van der Waals surface area contributed by atoms with E-state index in [9.17, 15) is 4.79 Å². The van der Waals surface area contributed by atoms with Gasteiger partial charge < -0.3 is 9.97 Å². The molecule has 5 nitrogen and oxygen atoms in total. The monoisotopic (exact) mass is 396 g/mol. The lowest BCUT2D eigenvalue weighted by atomic mass is 10.1. The lowest BCUT2D eigenvalue weighted by Crippen LogP contribution is -2.10. The number of aromatic nitrogens is 4. The Morgan fingerprint density at radius 1 is 1.07 bits per heavy atom. The molecule has 2 N–H and O–H groups in total. The molecule has 3 heterocycles. The molecule has 0 aliphatic rings. The van der Waals surface area contributed by atoms with Crippen LogP contribution >= 0.6 is 23.1 Å². The molecule has 0 atom stereocenters. The van der Waals surface area contributed by atoms with Crippen molar-refractivity contribution >= 4 is 33.3 Å². The van der Waals surface area contributed by atoms with Crippen LogP contribution in [0.15, 0.2) is 40.3 Å². The van der Waals surface area contributed by atoms with Crippen LogP contribution in [0, 0.1) is 20.8 Å². The van der Waals surface area contributed by atoms with Gasteiger partial charge in [-0.25, -0.2) is 9.97 Å². The molecule has 0 aliphatic carbocycles. The number of H-pyrrole nitrogens is 2. The molecule has 4 rings (SSSR count). The van der Waals surface area contributed by atoms with Gasteiger partial charge in [0.05, 0.1) is 16.8 Å². The normalized spacial score (nSPS) is 11.4. The Bertz CT molecular complexity index is 1160. The lowest BCUT2D eigenvalue weighted by Gasteiger charge is -2.00. The SMILES string of the molecule is Cc1[nH]c(SCc2nc3sc(C)c(C)c3c(=O)[nH]2)nc1Cc1ccccc1. The molecule has 27 heavy (non-hydrogen) atoms. The topological polar surface area (TPSA) is 74.4 Å². The van der Waals surface area contributed by atoms with Crippen LogP contribution in [-0.2, 0) is 12.2 Å². The van der Waals surface area contributed by atoms with Crippen LogP contribution in [0.2, 0.25) is 0 Å². The number of hydrogen-bond donors (Lipinski definition) is 2. The van der Waals surface area contributed by atoms with E-state index in [0.717, 1.165) is 38.2 Å². The summed E-state index contributed by atoms with van der Waals surface area (Å²) in [6.07, 6.45) is 0.804. The first kappa shape index (κ1) is 18.0. The lowest BCUT2D eigenvalue weighted by molar-refractivity contribution is 0.996. The molecule has 0 fully saturated rings. The van der Waals surface area contributed by atoms with E-state index in [1.165, 1.54) is 5.56 Å². The second kappa shape index (κ2) is 7.32. The highest BCUT2D eigenvalue weighted by atomic mass is 32.2. The summed E-state index contributed by atoms with van der Waals surface area (Å²) in [5, 5.41) is 1.56. The van der Waals surface area contributed by atoms with Gasteiger partial charge in [-0.15, -0.1) is 11.3 Å². The smallest absolute Gasteiger partial charge is 0.259 e. The molecule has 7 heteroatoms. The zero-order valence-electron chi connectivity index (χ0n) is 15.4. The molecule has 0 radical (unpaired) electrons. The second-order valence-corrected chi connectivity index (χ2v) is 8.71. The Kier molecular flexibility index (Phi) is 4.88. The number of thioether (sulfide) groups is 1. The number of fused-ring (bicyclic) bond motifs is 1. The third-order valence-corrected chi connectivity index (χ3v) is 6.60. The van der Waals surface area contributed by atoms with Crippen LogP contribution in [0.1, 0.15) is 33.2 Å². The number of benzene rings is 1.